The first-order chi connectivity index (χ1) is 10.3. The van der Waals surface area contributed by atoms with E-state index in [0.29, 0.717) is 38.6 Å². The monoisotopic (exact) mass is 451 g/mol. The second kappa shape index (κ2) is 10.9. The van der Waals surface area contributed by atoms with Crippen LogP contribution in [0.1, 0.15) is 20.3 Å². The van der Waals surface area contributed by atoms with Gasteiger partial charge in [0.2, 0.25) is 5.91 Å². The van der Waals surface area contributed by atoms with Gasteiger partial charge in [0.05, 0.1) is 6.54 Å². The average Bonchev–Trinajstić information content (AvgIpc) is 2.81. The SMILES string of the molecule is CCNC(=O)CN=C(NCC)NC1CCN(CC(F)(F)F)C1.I. The molecule has 3 N–H and O–H groups in total. The van der Waals surface area contributed by atoms with Gasteiger partial charge in [-0.3, -0.25) is 9.69 Å². The standard InChI is InChI=1S/C13H24F3N5O.HI/c1-3-17-11(22)7-19-12(18-4-2)20-10-5-6-21(8-10)9-13(14,15)16;/h10H,3-9H2,1-2H3,(H,17,22)(H2,18,19,20);1H. The lowest BCUT2D eigenvalue weighted by Gasteiger charge is -2.19. The quantitative estimate of drug-likeness (QED) is 0.320. The van der Waals surface area contributed by atoms with Crippen LogP contribution in [0.15, 0.2) is 4.99 Å². The second-order valence-corrected chi connectivity index (χ2v) is 5.13. The van der Waals surface area contributed by atoms with Crippen molar-refractivity contribution < 1.29 is 18.0 Å². The highest BCUT2D eigenvalue weighted by Crippen LogP contribution is 2.19. The smallest absolute Gasteiger partial charge is 0.357 e. The van der Waals surface area contributed by atoms with Gasteiger partial charge in [-0.05, 0) is 20.3 Å². The number of nitrogens with one attached hydrogen (secondary N) is 3. The minimum atomic E-state index is -4.17. The van der Waals surface area contributed by atoms with E-state index in [0.717, 1.165) is 0 Å². The highest BCUT2D eigenvalue weighted by molar-refractivity contribution is 14.0. The number of hydrogen-bond donors (Lipinski definition) is 3. The summed E-state index contributed by atoms with van der Waals surface area (Å²) in [5, 5.41) is 8.70. The molecule has 0 aromatic carbocycles. The van der Waals surface area contributed by atoms with Gasteiger partial charge in [-0.25, -0.2) is 4.99 Å². The van der Waals surface area contributed by atoms with Crippen LogP contribution in [-0.4, -0.2) is 68.3 Å². The molecule has 0 aromatic heterocycles. The van der Waals surface area contributed by atoms with Crippen molar-refractivity contribution in [3.8, 4) is 0 Å². The summed E-state index contributed by atoms with van der Waals surface area (Å²) in [5.41, 5.74) is 0. The Morgan fingerprint density at radius 2 is 1.91 bits per heavy atom. The molecule has 0 aliphatic carbocycles. The van der Waals surface area contributed by atoms with Crippen LogP contribution in [0.25, 0.3) is 0 Å². The maximum Gasteiger partial charge on any atom is 0.401 e. The van der Waals surface area contributed by atoms with Gasteiger partial charge >= 0.3 is 6.18 Å². The van der Waals surface area contributed by atoms with Crippen molar-refractivity contribution in [3.05, 3.63) is 0 Å². The molecule has 0 bridgehead atoms. The maximum atomic E-state index is 12.4. The summed E-state index contributed by atoms with van der Waals surface area (Å²) in [6.07, 6.45) is -3.56. The molecule has 0 spiro atoms. The molecular weight excluding hydrogens is 426 g/mol. The van der Waals surface area contributed by atoms with E-state index in [2.05, 4.69) is 20.9 Å². The van der Waals surface area contributed by atoms with Crippen LogP contribution >= 0.6 is 24.0 Å². The Labute approximate surface area is 151 Å². The number of hydrogen-bond acceptors (Lipinski definition) is 3. The minimum Gasteiger partial charge on any atom is -0.357 e. The zero-order valence-corrected chi connectivity index (χ0v) is 15.7. The van der Waals surface area contributed by atoms with Crippen molar-refractivity contribution in [3.63, 3.8) is 0 Å². The highest BCUT2D eigenvalue weighted by atomic mass is 127. The van der Waals surface area contributed by atoms with E-state index in [4.69, 9.17) is 0 Å². The zero-order chi connectivity index (χ0) is 16.6. The number of aliphatic imine (C=N–C) groups is 1. The van der Waals surface area contributed by atoms with Crippen LogP contribution in [-0.2, 0) is 4.79 Å². The molecule has 1 saturated heterocycles. The molecule has 1 amide bonds. The minimum absolute atomic E-state index is 0. The van der Waals surface area contributed by atoms with E-state index >= 15 is 0 Å². The maximum absolute atomic E-state index is 12.4. The topological polar surface area (TPSA) is 68.8 Å². The Morgan fingerprint density at radius 3 is 2.48 bits per heavy atom. The second-order valence-electron chi connectivity index (χ2n) is 5.13. The summed E-state index contributed by atoms with van der Waals surface area (Å²) in [5.74, 6) is 0.262. The molecular formula is C13H25F3IN5O. The predicted molar refractivity (Wildman–Crippen MR) is 94.1 cm³/mol. The molecule has 1 atom stereocenters. The average molecular weight is 451 g/mol. The third kappa shape index (κ3) is 9.84. The first-order valence-electron chi connectivity index (χ1n) is 7.44. The number of guanidine groups is 1. The number of halogens is 4. The van der Waals surface area contributed by atoms with Crippen molar-refractivity contribution in [1.29, 1.82) is 0 Å². The van der Waals surface area contributed by atoms with Crippen LogP contribution < -0.4 is 16.0 Å². The number of alkyl halides is 3. The third-order valence-corrected chi connectivity index (χ3v) is 3.12. The lowest BCUT2D eigenvalue weighted by molar-refractivity contribution is -0.143. The summed E-state index contributed by atoms with van der Waals surface area (Å²) in [4.78, 5) is 16.9. The van der Waals surface area contributed by atoms with Gasteiger partial charge in [-0.2, -0.15) is 13.2 Å². The molecule has 0 aromatic rings. The lowest BCUT2D eigenvalue weighted by Crippen LogP contribution is -2.45. The van der Waals surface area contributed by atoms with Crippen molar-refractivity contribution in [2.24, 2.45) is 4.99 Å². The number of rotatable bonds is 6. The van der Waals surface area contributed by atoms with Crippen LogP contribution in [0.2, 0.25) is 0 Å². The number of nitrogens with zero attached hydrogens (tertiary/aromatic N) is 2. The molecule has 23 heavy (non-hydrogen) atoms. The van der Waals surface area contributed by atoms with E-state index in [1.54, 1.807) is 0 Å². The summed E-state index contributed by atoms with van der Waals surface area (Å²) in [6.45, 7) is 4.65. The van der Waals surface area contributed by atoms with Gasteiger partial charge in [0.25, 0.3) is 0 Å². The Bertz CT molecular complexity index is 392. The fourth-order valence-electron chi connectivity index (χ4n) is 2.26. The number of amides is 1. The molecule has 6 nitrogen and oxygen atoms in total. The first-order valence-corrected chi connectivity index (χ1v) is 7.44. The van der Waals surface area contributed by atoms with Crippen LogP contribution in [0.5, 0.6) is 0 Å². The van der Waals surface area contributed by atoms with E-state index < -0.39 is 12.7 Å². The number of carbonyl (C=O) groups excluding carboxylic acids is 1. The van der Waals surface area contributed by atoms with Crippen molar-refractivity contribution in [2.45, 2.75) is 32.5 Å². The molecule has 0 radical (unpaired) electrons. The number of likely N-dealkylation sites (tertiary alicyclic amines) is 1. The molecule has 10 heteroatoms. The third-order valence-electron chi connectivity index (χ3n) is 3.12. The highest BCUT2D eigenvalue weighted by Gasteiger charge is 2.34. The normalized spacial score (nSPS) is 19.2. The fraction of sp³-hybridized carbons (Fsp3) is 0.846. The summed E-state index contributed by atoms with van der Waals surface area (Å²) in [7, 11) is 0. The van der Waals surface area contributed by atoms with E-state index in [9.17, 15) is 18.0 Å². The van der Waals surface area contributed by atoms with Gasteiger partial charge < -0.3 is 16.0 Å². The Hall–Kier alpha value is -0.780. The number of carbonyl (C=O) groups is 1. The molecule has 1 fully saturated rings. The van der Waals surface area contributed by atoms with Crippen molar-refractivity contribution in [1.82, 2.24) is 20.9 Å². The van der Waals surface area contributed by atoms with Crippen LogP contribution in [0, 0.1) is 0 Å². The van der Waals surface area contributed by atoms with Gasteiger partial charge in [-0.15, -0.1) is 24.0 Å². The number of likely N-dealkylation sites (N-methyl/N-ethyl adjacent to an activating group) is 1. The first kappa shape index (κ1) is 22.2. The predicted octanol–water partition coefficient (Wildman–Crippen LogP) is 0.932. The Morgan fingerprint density at radius 1 is 1.26 bits per heavy atom. The largest absolute Gasteiger partial charge is 0.401 e. The molecule has 1 aliphatic rings. The molecule has 136 valence electrons. The summed E-state index contributed by atoms with van der Waals surface area (Å²) < 4.78 is 37.1. The molecule has 0 saturated carbocycles. The van der Waals surface area contributed by atoms with Gasteiger partial charge in [0.1, 0.15) is 6.54 Å². The molecule has 1 rings (SSSR count). The van der Waals surface area contributed by atoms with Crippen molar-refractivity contribution in [2.75, 3.05) is 39.3 Å². The summed E-state index contributed by atoms with van der Waals surface area (Å²) in [6, 6.07) is -0.102. The van der Waals surface area contributed by atoms with E-state index in [-0.39, 0.29) is 42.5 Å². The summed E-state index contributed by atoms with van der Waals surface area (Å²) >= 11 is 0. The van der Waals surface area contributed by atoms with Crippen LogP contribution in [0.3, 0.4) is 0 Å². The van der Waals surface area contributed by atoms with Crippen molar-refractivity contribution >= 4 is 35.8 Å². The zero-order valence-electron chi connectivity index (χ0n) is 13.4. The van der Waals surface area contributed by atoms with Crippen LogP contribution in [0.4, 0.5) is 13.2 Å². The van der Waals surface area contributed by atoms with Gasteiger partial charge in [-0.1, -0.05) is 0 Å². The lowest BCUT2D eigenvalue weighted by atomic mass is 10.3. The van der Waals surface area contributed by atoms with Gasteiger partial charge in [0.15, 0.2) is 5.96 Å². The van der Waals surface area contributed by atoms with E-state index in [1.165, 1.54) is 4.90 Å². The van der Waals surface area contributed by atoms with E-state index in [1.807, 2.05) is 13.8 Å². The Balaban J connectivity index is 0.00000484. The molecule has 1 unspecified atom stereocenters. The fourth-order valence-corrected chi connectivity index (χ4v) is 2.26. The van der Waals surface area contributed by atoms with Gasteiger partial charge in [0, 0.05) is 32.2 Å². The Kier molecular flexibility index (Phi) is 10.5. The molecule has 1 aliphatic heterocycles. The molecule has 1 heterocycles.